The Kier molecular flexibility index (Phi) is 3.14. The molecule has 0 spiro atoms. The lowest BCUT2D eigenvalue weighted by Gasteiger charge is -2.15. The molecule has 1 aliphatic rings. The van der Waals surface area contributed by atoms with E-state index in [9.17, 15) is 0 Å². The van der Waals surface area contributed by atoms with Crippen molar-refractivity contribution >= 4 is 11.6 Å². The summed E-state index contributed by atoms with van der Waals surface area (Å²) < 4.78 is 5.28. The summed E-state index contributed by atoms with van der Waals surface area (Å²) in [6.07, 6.45) is 3.98. The fraction of sp³-hybridized carbons (Fsp3) is 0.636. The first-order chi connectivity index (χ1) is 6.75. The maximum Gasteiger partial charge on any atom is 0.193 e. The van der Waals surface area contributed by atoms with E-state index in [4.69, 9.17) is 16.0 Å². The second kappa shape index (κ2) is 4.37. The number of hydrogen-bond donors (Lipinski definition) is 1. The quantitative estimate of drug-likeness (QED) is 0.834. The van der Waals surface area contributed by atoms with Gasteiger partial charge in [-0.2, -0.15) is 0 Å². The summed E-state index contributed by atoms with van der Waals surface area (Å²) in [6, 6.07) is 4.37. The first-order valence-electron chi connectivity index (χ1n) is 5.23. The van der Waals surface area contributed by atoms with Crippen molar-refractivity contribution in [1.82, 2.24) is 5.32 Å². The molecule has 1 saturated carbocycles. The Bertz CT molecular complexity index is 297. The third-order valence-electron chi connectivity index (χ3n) is 3.03. The second-order valence-corrected chi connectivity index (χ2v) is 4.47. The molecule has 1 heterocycles. The lowest BCUT2D eigenvalue weighted by Crippen LogP contribution is -2.30. The van der Waals surface area contributed by atoms with Crippen molar-refractivity contribution in [2.24, 2.45) is 5.92 Å². The molecule has 1 aromatic rings. The van der Waals surface area contributed by atoms with Crippen LogP contribution >= 0.6 is 11.6 Å². The SMILES string of the molecule is CC1CCCC1NCc1ccc(Cl)o1. The molecule has 1 aliphatic carbocycles. The van der Waals surface area contributed by atoms with Crippen LogP contribution in [0.5, 0.6) is 0 Å². The minimum atomic E-state index is 0.473. The number of hydrogen-bond acceptors (Lipinski definition) is 2. The van der Waals surface area contributed by atoms with Gasteiger partial charge in [-0.3, -0.25) is 0 Å². The number of nitrogens with one attached hydrogen (secondary N) is 1. The predicted molar refractivity (Wildman–Crippen MR) is 57.4 cm³/mol. The van der Waals surface area contributed by atoms with Crippen molar-refractivity contribution in [3.8, 4) is 0 Å². The molecule has 2 nitrogen and oxygen atoms in total. The van der Waals surface area contributed by atoms with Gasteiger partial charge in [0, 0.05) is 6.04 Å². The largest absolute Gasteiger partial charge is 0.448 e. The molecule has 0 bridgehead atoms. The monoisotopic (exact) mass is 213 g/mol. The van der Waals surface area contributed by atoms with Crippen LogP contribution in [-0.4, -0.2) is 6.04 Å². The van der Waals surface area contributed by atoms with E-state index in [1.54, 1.807) is 6.07 Å². The molecule has 1 fully saturated rings. The van der Waals surface area contributed by atoms with Gasteiger partial charge in [-0.15, -0.1) is 0 Å². The van der Waals surface area contributed by atoms with Crippen LogP contribution < -0.4 is 5.32 Å². The van der Waals surface area contributed by atoms with Crippen molar-refractivity contribution in [3.63, 3.8) is 0 Å². The third-order valence-corrected chi connectivity index (χ3v) is 3.23. The van der Waals surface area contributed by atoms with Gasteiger partial charge in [-0.1, -0.05) is 13.3 Å². The fourth-order valence-electron chi connectivity index (χ4n) is 2.13. The van der Waals surface area contributed by atoms with Crippen LogP contribution in [0.25, 0.3) is 0 Å². The van der Waals surface area contributed by atoms with Crippen LogP contribution in [0.1, 0.15) is 31.9 Å². The van der Waals surface area contributed by atoms with E-state index >= 15 is 0 Å². The smallest absolute Gasteiger partial charge is 0.193 e. The average Bonchev–Trinajstić information content (AvgIpc) is 2.72. The summed E-state index contributed by atoms with van der Waals surface area (Å²) in [5.74, 6) is 1.72. The van der Waals surface area contributed by atoms with E-state index in [0.717, 1.165) is 18.2 Å². The van der Waals surface area contributed by atoms with Gasteiger partial charge in [0.2, 0.25) is 0 Å². The van der Waals surface area contributed by atoms with E-state index in [0.29, 0.717) is 11.3 Å². The lowest BCUT2D eigenvalue weighted by molar-refractivity contribution is 0.396. The van der Waals surface area contributed by atoms with Crippen LogP contribution in [0, 0.1) is 5.92 Å². The van der Waals surface area contributed by atoms with Gasteiger partial charge in [0.05, 0.1) is 6.54 Å². The van der Waals surface area contributed by atoms with Gasteiger partial charge in [0.25, 0.3) is 0 Å². The average molecular weight is 214 g/mol. The molecule has 0 aliphatic heterocycles. The van der Waals surface area contributed by atoms with Crippen LogP contribution in [0.2, 0.25) is 5.22 Å². The van der Waals surface area contributed by atoms with Gasteiger partial charge in [0.1, 0.15) is 5.76 Å². The Morgan fingerprint density at radius 3 is 2.93 bits per heavy atom. The number of halogens is 1. The van der Waals surface area contributed by atoms with Gasteiger partial charge >= 0.3 is 0 Å². The standard InChI is InChI=1S/C11H16ClNO/c1-8-3-2-4-10(8)13-7-9-5-6-11(12)14-9/h5-6,8,10,13H,2-4,7H2,1H3. The molecule has 14 heavy (non-hydrogen) atoms. The normalized spacial score (nSPS) is 27.0. The summed E-state index contributed by atoms with van der Waals surface area (Å²) in [5, 5.41) is 3.98. The first-order valence-corrected chi connectivity index (χ1v) is 5.61. The predicted octanol–water partition coefficient (Wildman–Crippen LogP) is 3.21. The second-order valence-electron chi connectivity index (χ2n) is 4.10. The molecular formula is C11H16ClNO. The van der Waals surface area contributed by atoms with Crippen molar-refractivity contribution in [2.75, 3.05) is 0 Å². The summed E-state index contributed by atoms with van der Waals surface area (Å²) in [4.78, 5) is 0. The first kappa shape index (κ1) is 10.1. The third kappa shape index (κ3) is 2.31. The highest BCUT2D eigenvalue weighted by Gasteiger charge is 2.22. The molecule has 2 rings (SSSR count). The Balaban J connectivity index is 1.82. The highest BCUT2D eigenvalue weighted by Crippen LogP contribution is 2.25. The lowest BCUT2D eigenvalue weighted by atomic mass is 10.1. The summed E-state index contributed by atoms with van der Waals surface area (Å²) in [6.45, 7) is 3.10. The van der Waals surface area contributed by atoms with E-state index in [1.807, 2.05) is 6.07 Å². The molecule has 2 atom stereocenters. The minimum Gasteiger partial charge on any atom is -0.448 e. The zero-order chi connectivity index (χ0) is 9.97. The summed E-state index contributed by atoms with van der Waals surface area (Å²) >= 11 is 5.69. The fourth-order valence-corrected chi connectivity index (χ4v) is 2.29. The number of furan rings is 1. The molecule has 0 amide bonds. The Morgan fingerprint density at radius 2 is 2.36 bits per heavy atom. The van der Waals surface area contributed by atoms with Crippen molar-refractivity contribution < 1.29 is 4.42 Å². The molecular weight excluding hydrogens is 198 g/mol. The highest BCUT2D eigenvalue weighted by molar-refractivity contribution is 6.28. The maximum atomic E-state index is 5.69. The minimum absolute atomic E-state index is 0.473. The molecule has 3 heteroatoms. The molecule has 1 N–H and O–H groups in total. The van der Waals surface area contributed by atoms with Gasteiger partial charge in [0.15, 0.2) is 5.22 Å². The van der Waals surface area contributed by atoms with E-state index < -0.39 is 0 Å². The van der Waals surface area contributed by atoms with Crippen LogP contribution in [0.3, 0.4) is 0 Å². The Morgan fingerprint density at radius 1 is 1.50 bits per heavy atom. The van der Waals surface area contributed by atoms with Crippen LogP contribution in [-0.2, 0) is 6.54 Å². The summed E-state index contributed by atoms with van der Waals surface area (Å²) in [7, 11) is 0. The molecule has 0 radical (unpaired) electrons. The molecule has 1 aromatic heterocycles. The number of rotatable bonds is 3. The van der Waals surface area contributed by atoms with Crippen molar-refractivity contribution in [2.45, 2.75) is 38.8 Å². The Labute approximate surface area is 89.6 Å². The molecule has 2 unspecified atom stereocenters. The molecule has 0 saturated heterocycles. The van der Waals surface area contributed by atoms with Crippen LogP contribution in [0.15, 0.2) is 16.5 Å². The van der Waals surface area contributed by atoms with Crippen LogP contribution in [0.4, 0.5) is 0 Å². The molecule has 0 aromatic carbocycles. The molecule has 78 valence electrons. The van der Waals surface area contributed by atoms with Gasteiger partial charge in [-0.05, 0) is 42.5 Å². The van der Waals surface area contributed by atoms with E-state index in [2.05, 4.69) is 12.2 Å². The van der Waals surface area contributed by atoms with Gasteiger partial charge < -0.3 is 9.73 Å². The van der Waals surface area contributed by atoms with Crippen molar-refractivity contribution in [3.05, 3.63) is 23.1 Å². The Hall–Kier alpha value is -0.470. The van der Waals surface area contributed by atoms with Crippen molar-refractivity contribution in [1.29, 1.82) is 0 Å². The van der Waals surface area contributed by atoms with E-state index in [-0.39, 0.29) is 0 Å². The topological polar surface area (TPSA) is 25.2 Å². The highest BCUT2D eigenvalue weighted by atomic mass is 35.5. The van der Waals surface area contributed by atoms with Gasteiger partial charge in [-0.25, -0.2) is 0 Å². The zero-order valence-corrected chi connectivity index (χ0v) is 9.18. The van der Waals surface area contributed by atoms with E-state index in [1.165, 1.54) is 19.3 Å². The zero-order valence-electron chi connectivity index (χ0n) is 8.42. The maximum absolute atomic E-state index is 5.69. The summed E-state index contributed by atoms with van der Waals surface area (Å²) in [5.41, 5.74) is 0.